The Balaban J connectivity index is 2.13. The Labute approximate surface area is 129 Å². The van der Waals surface area contributed by atoms with Crippen molar-refractivity contribution in [2.24, 2.45) is 5.92 Å². The van der Waals surface area contributed by atoms with Gasteiger partial charge in [0, 0.05) is 10.9 Å². The van der Waals surface area contributed by atoms with Crippen LogP contribution in [0.2, 0.25) is 5.02 Å². The molecule has 2 aromatic carbocycles. The summed E-state index contributed by atoms with van der Waals surface area (Å²) in [6.45, 7) is 2.09. The average molecular weight is 311 g/mol. The van der Waals surface area contributed by atoms with E-state index in [-0.39, 0.29) is 11.7 Å². The minimum atomic E-state index is -0.256. The van der Waals surface area contributed by atoms with Gasteiger partial charge in [-0.05, 0) is 60.6 Å². The number of alkyl halides is 1. The van der Waals surface area contributed by atoms with Gasteiger partial charge in [0.15, 0.2) is 0 Å². The number of benzene rings is 2. The Morgan fingerprint density at radius 3 is 2.45 bits per heavy atom. The lowest BCUT2D eigenvalue weighted by atomic mass is 9.92. The van der Waals surface area contributed by atoms with Crippen LogP contribution in [0.1, 0.15) is 16.7 Å². The normalized spacial score (nSPS) is 12.4. The molecule has 0 heterocycles. The first kappa shape index (κ1) is 15.3. The summed E-state index contributed by atoms with van der Waals surface area (Å²) in [7, 11) is 0. The minimum absolute atomic E-state index is 0.247. The van der Waals surface area contributed by atoms with Crippen molar-refractivity contribution in [3.05, 3.63) is 70.0 Å². The van der Waals surface area contributed by atoms with Gasteiger partial charge >= 0.3 is 0 Å². The molecule has 0 bridgehead atoms. The summed E-state index contributed by atoms with van der Waals surface area (Å²) < 4.78 is 13.3. The van der Waals surface area contributed by atoms with Crippen LogP contribution in [0.15, 0.2) is 42.5 Å². The molecule has 0 aliphatic heterocycles. The van der Waals surface area contributed by atoms with Crippen LogP contribution in [0.25, 0.3) is 0 Å². The van der Waals surface area contributed by atoms with Crippen molar-refractivity contribution in [1.82, 2.24) is 0 Å². The van der Waals surface area contributed by atoms with Gasteiger partial charge in [0.2, 0.25) is 0 Å². The van der Waals surface area contributed by atoms with Gasteiger partial charge in [-0.15, -0.1) is 11.6 Å². The van der Waals surface area contributed by atoms with E-state index in [0.717, 1.165) is 12.0 Å². The topological polar surface area (TPSA) is 0 Å². The maximum atomic E-state index is 13.3. The van der Waals surface area contributed by atoms with Crippen LogP contribution < -0.4 is 0 Å². The average Bonchev–Trinajstić information content (AvgIpc) is 2.44. The van der Waals surface area contributed by atoms with E-state index in [1.165, 1.54) is 23.3 Å². The molecule has 0 spiro atoms. The molecule has 0 amide bonds. The van der Waals surface area contributed by atoms with Crippen LogP contribution in [0.3, 0.4) is 0 Å². The maximum absolute atomic E-state index is 13.3. The minimum Gasteiger partial charge on any atom is -0.207 e. The summed E-state index contributed by atoms with van der Waals surface area (Å²) in [5, 5.41) is 0.603. The van der Waals surface area contributed by atoms with E-state index in [9.17, 15) is 4.39 Å². The van der Waals surface area contributed by atoms with E-state index >= 15 is 0 Å². The van der Waals surface area contributed by atoms with Gasteiger partial charge in [-0.3, -0.25) is 0 Å². The van der Waals surface area contributed by atoms with Gasteiger partial charge in [0.25, 0.3) is 0 Å². The third-order valence-electron chi connectivity index (χ3n) is 3.50. The van der Waals surface area contributed by atoms with Crippen LogP contribution in [-0.2, 0) is 12.8 Å². The molecule has 2 aromatic rings. The second-order valence-electron chi connectivity index (χ2n) is 5.09. The van der Waals surface area contributed by atoms with Crippen molar-refractivity contribution in [2.45, 2.75) is 19.8 Å². The lowest BCUT2D eigenvalue weighted by Gasteiger charge is -2.16. The van der Waals surface area contributed by atoms with Crippen molar-refractivity contribution in [1.29, 1.82) is 0 Å². The third kappa shape index (κ3) is 3.97. The molecule has 0 aliphatic carbocycles. The number of hydrogen-bond acceptors (Lipinski definition) is 0. The lowest BCUT2D eigenvalue weighted by Crippen LogP contribution is -2.11. The van der Waals surface area contributed by atoms with Crippen molar-refractivity contribution >= 4 is 23.2 Å². The fraction of sp³-hybridized carbons (Fsp3) is 0.294. The predicted octanol–water partition coefficient (Wildman–Crippen LogP) is 5.43. The molecular weight excluding hydrogens is 294 g/mol. The Morgan fingerprint density at radius 2 is 1.75 bits per heavy atom. The highest BCUT2D eigenvalue weighted by molar-refractivity contribution is 6.31. The van der Waals surface area contributed by atoms with Crippen molar-refractivity contribution in [2.75, 3.05) is 5.88 Å². The van der Waals surface area contributed by atoms with Crippen LogP contribution >= 0.6 is 23.2 Å². The summed E-state index contributed by atoms with van der Waals surface area (Å²) >= 11 is 12.2. The highest BCUT2D eigenvalue weighted by Crippen LogP contribution is 2.24. The van der Waals surface area contributed by atoms with Crippen molar-refractivity contribution in [3.8, 4) is 0 Å². The highest BCUT2D eigenvalue weighted by Gasteiger charge is 2.13. The summed E-state index contributed by atoms with van der Waals surface area (Å²) in [4.78, 5) is 0. The zero-order valence-electron chi connectivity index (χ0n) is 11.4. The fourth-order valence-corrected chi connectivity index (χ4v) is 2.76. The summed E-state index contributed by atoms with van der Waals surface area (Å²) in [5.41, 5.74) is 3.37. The molecule has 0 aromatic heterocycles. The van der Waals surface area contributed by atoms with Gasteiger partial charge in [0.1, 0.15) is 5.82 Å². The molecule has 0 aliphatic rings. The van der Waals surface area contributed by atoms with Crippen LogP contribution in [-0.4, -0.2) is 5.88 Å². The smallest absolute Gasteiger partial charge is 0.123 e. The van der Waals surface area contributed by atoms with Crippen LogP contribution in [0, 0.1) is 18.7 Å². The standard InChI is InChI=1S/C17H17Cl2F/c1-12-4-2-3-5-14(12)8-13(11-18)9-15-10-16(20)6-7-17(15)19/h2-7,10,13H,8-9,11H2,1H3. The molecule has 0 saturated heterocycles. The molecule has 1 unspecified atom stereocenters. The molecule has 3 heteroatoms. The summed E-state index contributed by atoms with van der Waals surface area (Å²) in [6.07, 6.45) is 1.57. The SMILES string of the molecule is Cc1ccccc1CC(CCl)Cc1cc(F)ccc1Cl. The fourth-order valence-electron chi connectivity index (χ4n) is 2.34. The maximum Gasteiger partial charge on any atom is 0.123 e. The zero-order valence-corrected chi connectivity index (χ0v) is 12.9. The van der Waals surface area contributed by atoms with Crippen LogP contribution in [0.4, 0.5) is 4.39 Å². The highest BCUT2D eigenvalue weighted by atomic mass is 35.5. The quantitative estimate of drug-likeness (QED) is 0.646. The first-order valence-electron chi connectivity index (χ1n) is 6.64. The lowest BCUT2D eigenvalue weighted by molar-refractivity contribution is 0.575. The van der Waals surface area contributed by atoms with Crippen molar-refractivity contribution < 1.29 is 4.39 Å². The first-order valence-corrected chi connectivity index (χ1v) is 7.55. The Morgan fingerprint density at radius 1 is 1.05 bits per heavy atom. The molecule has 2 rings (SSSR count). The van der Waals surface area contributed by atoms with Crippen molar-refractivity contribution in [3.63, 3.8) is 0 Å². The van der Waals surface area contributed by atoms with E-state index in [0.29, 0.717) is 17.3 Å². The zero-order chi connectivity index (χ0) is 14.5. The van der Waals surface area contributed by atoms with Gasteiger partial charge in [-0.1, -0.05) is 35.9 Å². The van der Waals surface area contributed by atoms with Gasteiger partial charge in [-0.2, -0.15) is 0 Å². The molecule has 0 N–H and O–H groups in total. The van der Waals surface area contributed by atoms with Gasteiger partial charge in [-0.25, -0.2) is 4.39 Å². The molecule has 0 nitrogen and oxygen atoms in total. The van der Waals surface area contributed by atoms with E-state index in [2.05, 4.69) is 19.1 Å². The molecule has 20 heavy (non-hydrogen) atoms. The largest absolute Gasteiger partial charge is 0.207 e. The summed E-state index contributed by atoms with van der Waals surface area (Å²) in [6, 6.07) is 12.7. The number of halogens is 3. The van der Waals surface area contributed by atoms with Gasteiger partial charge < -0.3 is 0 Å². The molecule has 0 radical (unpaired) electrons. The third-order valence-corrected chi connectivity index (χ3v) is 4.31. The first-order chi connectivity index (χ1) is 9.60. The van der Waals surface area contributed by atoms with Gasteiger partial charge in [0.05, 0.1) is 0 Å². The second kappa shape index (κ2) is 7.10. The van der Waals surface area contributed by atoms with E-state index in [1.807, 2.05) is 12.1 Å². The Bertz CT molecular complexity index is 581. The molecule has 106 valence electrons. The molecular formula is C17H17Cl2F. The molecule has 1 atom stereocenters. The Kier molecular flexibility index (Phi) is 5.45. The Hall–Kier alpha value is -1.05. The predicted molar refractivity (Wildman–Crippen MR) is 84.2 cm³/mol. The number of aryl methyl sites for hydroxylation is 1. The molecule has 0 fully saturated rings. The van der Waals surface area contributed by atoms with E-state index < -0.39 is 0 Å². The number of rotatable bonds is 5. The number of hydrogen-bond donors (Lipinski definition) is 0. The van der Waals surface area contributed by atoms with E-state index in [1.54, 1.807) is 6.07 Å². The molecule has 0 saturated carbocycles. The second-order valence-corrected chi connectivity index (χ2v) is 5.81. The van der Waals surface area contributed by atoms with Crippen LogP contribution in [0.5, 0.6) is 0 Å². The van der Waals surface area contributed by atoms with E-state index in [4.69, 9.17) is 23.2 Å². The summed E-state index contributed by atoms with van der Waals surface area (Å²) in [5.74, 6) is 0.520. The monoisotopic (exact) mass is 310 g/mol.